The van der Waals surface area contributed by atoms with Crippen molar-refractivity contribution in [3.05, 3.63) is 47.5 Å². The highest BCUT2D eigenvalue weighted by Crippen LogP contribution is 2.05. The zero-order valence-corrected chi connectivity index (χ0v) is 10.4. The smallest absolute Gasteiger partial charge is 0.123 e. The van der Waals surface area contributed by atoms with Crippen LogP contribution in [0.2, 0.25) is 0 Å². The quantitative estimate of drug-likeness (QED) is 0.795. The number of aromatic nitrogens is 3. The molecule has 0 saturated carbocycles. The first kappa shape index (κ1) is 12.7. The summed E-state index contributed by atoms with van der Waals surface area (Å²) in [6.07, 6.45) is 2.98. The zero-order chi connectivity index (χ0) is 12.8. The van der Waals surface area contributed by atoms with Crippen molar-refractivity contribution < 1.29 is 4.39 Å². The molecule has 0 aliphatic carbocycles. The largest absolute Gasteiger partial charge is 0.311 e. The van der Waals surface area contributed by atoms with Gasteiger partial charge >= 0.3 is 0 Å². The number of halogens is 1. The first-order valence-corrected chi connectivity index (χ1v) is 6.12. The second-order valence-electron chi connectivity index (χ2n) is 4.21. The van der Waals surface area contributed by atoms with Crippen molar-refractivity contribution in [2.45, 2.75) is 26.4 Å². The summed E-state index contributed by atoms with van der Waals surface area (Å²) in [5, 5.41) is 11.3. The average Bonchev–Trinajstić information content (AvgIpc) is 2.77. The third kappa shape index (κ3) is 3.63. The summed E-state index contributed by atoms with van der Waals surface area (Å²) < 4.78 is 14.7. The molecule has 2 aromatic rings. The van der Waals surface area contributed by atoms with Crippen LogP contribution in [0, 0.1) is 5.82 Å². The van der Waals surface area contributed by atoms with Crippen LogP contribution in [-0.2, 0) is 13.1 Å². The van der Waals surface area contributed by atoms with E-state index >= 15 is 0 Å². The number of rotatable bonds is 6. The topological polar surface area (TPSA) is 42.7 Å². The van der Waals surface area contributed by atoms with Gasteiger partial charge < -0.3 is 5.32 Å². The Balaban J connectivity index is 1.94. The summed E-state index contributed by atoms with van der Waals surface area (Å²) in [5.41, 5.74) is 1.79. The molecule has 0 atom stereocenters. The Morgan fingerprint density at radius 1 is 1.39 bits per heavy atom. The van der Waals surface area contributed by atoms with Gasteiger partial charge in [0.2, 0.25) is 0 Å². The number of hydrogen-bond donors (Lipinski definition) is 1. The molecule has 1 aromatic carbocycles. The predicted molar refractivity (Wildman–Crippen MR) is 67.5 cm³/mol. The second kappa shape index (κ2) is 6.26. The minimum absolute atomic E-state index is 0.225. The van der Waals surface area contributed by atoms with Crippen molar-refractivity contribution >= 4 is 0 Å². The SMILES string of the molecule is CCCNCc1cn(Cc2cccc(F)c2)nn1. The molecule has 0 saturated heterocycles. The van der Waals surface area contributed by atoms with Crippen LogP contribution in [0.5, 0.6) is 0 Å². The van der Waals surface area contributed by atoms with E-state index in [9.17, 15) is 4.39 Å². The highest BCUT2D eigenvalue weighted by molar-refractivity contribution is 5.16. The van der Waals surface area contributed by atoms with Crippen molar-refractivity contribution in [3.63, 3.8) is 0 Å². The number of nitrogens with zero attached hydrogens (tertiary/aromatic N) is 3. The van der Waals surface area contributed by atoms with Crippen molar-refractivity contribution in [1.82, 2.24) is 20.3 Å². The highest BCUT2D eigenvalue weighted by atomic mass is 19.1. The van der Waals surface area contributed by atoms with Gasteiger partial charge in [0.05, 0.1) is 18.4 Å². The van der Waals surface area contributed by atoms with Crippen LogP contribution in [0.15, 0.2) is 30.5 Å². The molecule has 96 valence electrons. The number of hydrogen-bond acceptors (Lipinski definition) is 3. The van der Waals surface area contributed by atoms with E-state index in [0.717, 1.165) is 30.8 Å². The molecular weight excluding hydrogens is 231 g/mol. The van der Waals surface area contributed by atoms with Gasteiger partial charge in [0, 0.05) is 6.54 Å². The molecule has 1 aromatic heterocycles. The molecule has 0 spiro atoms. The van der Waals surface area contributed by atoms with E-state index in [4.69, 9.17) is 0 Å². The van der Waals surface area contributed by atoms with Gasteiger partial charge in [0.15, 0.2) is 0 Å². The van der Waals surface area contributed by atoms with E-state index in [1.807, 2.05) is 12.3 Å². The van der Waals surface area contributed by atoms with Gasteiger partial charge in [0.1, 0.15) is 5.82 Å². The molecule has 2 rings (SSSR count). The Kier molecular flexibility index (Phi) is 4.41. The third-order valence-corrected chi connectivity index (χ3v) is 2.55. The normalized spacial score (nSPS) is 10.8. The average molecular weight is 248 g/mol. The fourth-order valence-electron chi connectivity index (χ4n) is 1.71. The van der Waals surface area contributed by atoms with E-state index in [1.54, 1.807) is 10.7 Å². The van der Waals surface area contributed by atoms with E-state index in [-0.39, 0.29) is 5.82 Å². The van der Waals surface area contributed by atoms with Gasteiger partial charge in [0.25, 0.3) is 0 Å². The molecule has 0 aliphatic rings. The van der Waals surface area contributed by atoms with Crippen LogP contribution < -0.4 is 5.32 Å². The van der Waals surface area contributed by atoms with E-state index in [0.29, 0.717) is 6.54 Å². The molecule has 0 unspecified atom stereocenters. The van der Waals surface area contributed by atoms with Crippen molar-refractivity contribution in [2.75, 3.05) is 6.54 Å². The van der Waals surface area contributed by atoms with Crippen LogP contribution in [0.1, 0.15) is 24.6 Å². The summed E-state index contributed by atoms with van der Waals surface area (Å²) in [7, 11) is 0. The molecule has 5 heteroatoms. The van der Waals surface area contributed by atoms with Crippen LogP contribution in [0.3, 0.4) is 0 Å². The third-order valence-electron chi connectivity index (χ3n) is 2.55. The zero-order valence-electron chi connectivity index (χ0n) is 10.4. The lowest BCUT2D eigenvalue weighted by Gasteiger charge is -2.00. The fourth-order valence-corrected chi connectivity index (χ4v) is 1.71. The van der Waals surface area contributed by atoms with Crippen molar-refractivity contribution in [2.24, 2.45) is 0 Å². The lowest BCUT2D eigenvalue weighted by molar-refractivity contribution is 0.614. The highest BCUT2D eigenvalue weighted by Gasteiger charge is 2.02. The van der Waals surface area contributed by atoms with Crippen molar-refractivity contribution in [1.29, 1.82) is 0 Å². The van der Waals surface area contributed by atoms with E-state index < -0.39 is 0 Å². The first-order valence-electron chi connectivity index (χ1n) is 6.12. The molecule has 4 nitrogen and oxygen atoms in total. The van der Waals surface area contributed by atoms with Gasteiger partial charge in [-0.3, -0.25) is 0 Å². The Hall–Kier alpha value is -1.75. The molecule has 18 heavy (non-hydrogen) atoms. The van der Waals surface area contributed by atoms with Crippen LogP contribution in [0.4, 0.5) is 4.39 Å². The van der Waals surface area contributed by atoms with E-state index in [1.165, 1.54) is 12.1 Å². The standard InChI is InChI=1S/C13H17FN4/c1-2-6-15-8-13-10-18(17-16-13)9-11-4-3-5-12(14)7-11/h3-5,7,10,15H,2,6,8-9H2,1H3. The van der Waals surface area contributed by atoms with Crippen molar-refractivity contribution in [3.8, 4) is 0 Å². The number of nitrogens with one attached hydrogen (secondary N) is 1. The maximum absolute atomic E-state index is 13.0. The second-order valence-corrected chi connectivity index (χ2v) is 4.21. The van der Waals surface area contributed by atoms with Crippen LogP contribution in [-0.4, -0.2) is 21.5 Å². The molecule has 0 amide bonds. The van der Waals surface area contributed by atoms with Crippen LogP contribution >= 0.6 is 0 Å². The number of benzene rings is 1. The summed E-state index contributed by atoms with van der Waals surface area (Å²) in [5.74, 6) is -0.225. The lowest BCUT2D eigenvalue weighted by atomic mass is 10.2. The monoisotopic (exact) mass is 248 g/mol. The Morgan fingerprint density at radius 3 is 3.06 bits per heavy atom. The maximum atomic E-state index is 13.0. The minimum atomic E-state index is -0.225. The van der Waals surface area contributed by atoms with Gasteiger partial charge in [-0.25, -0.2) is 9.07 Å². The predicted octanol–water partition coefficient (Wildman–Crippen LogP) is 1.97. The summed E-state index contributed by atoms with van der Waals surface area (Å²) in [6.45, 7) is 4.35. The Bertz CT molecular complexity index is 495. The van der Waals surface area contributed by atoms with Gasteiger partial charge in [-0.15, -0.1) is 5.10 Å². The molecule has 0 radical (unpaired) electrons. The fraction of sp³-hybridized carbons (Fsp3) is 0.385. The van der Waals surface area contributed by atoms with Gasteiger partial charge in [-0.2, -0.15) is 0 Å². The maximum Gasteiger partial charge on any atom is 0.123 e. The minimum Gasteiger partial charge on any atom is -0.311 e. The summed E-state index contributed by atoms with van der Waals surface area (Å²) >= 11 is 0. The Morgan fingerprint density at radius 2 is 2.28 bits per heavy atom. The molecule has 1 N–H and O–H groups in total. The van der Waals surface area contributed by atoms with E-state index in [2.05, 4.69) is 22.6 Å². The molecule has 0 fully saturated rings. The summed E-state index contributed by atoms with van der Waals surface area (Å²) in [4.78, 5) is 0. The van der Waals surface area contributed by atoms with Gasteiger partial charge in [-0.05, 0) is 30.7 Å². The van der Waals surface area contributed by atoms with Gasteiger partial charge in [-0.1, -0.05) is 24.3 Å². The molecule has 0 aliphatic heterocycles. The van der Waals surface area contributed by atoms with Crippen LogP contribution in [0.25, 0.3) is 0 Å². The molecular formula is C13H17FN4. The summed E-state index contributed by atoms with van der Waals surface area (Å²) in [6, 6.07) is 6.52. The molecule has 1 heterocycles. The first-order chi connectivity index (χ1) is 8.78. The molecule has 0 bridgehead atoms. The lowest BCUT2D eigenvalue weighted by Crippen LogP contribution is -2.13. The Labute approximate surface area is 106 Å².